The van der Waals surface area contributed by atoms with Gasteiger partial charge in [-0.15, -0.1) is 0 Å². The second-order valence-corrected chi connectivity index (χ2v) is 7.65. The second kappa shape index (κ2) is 6.29. The Morgan fingerprint density at radius 1 is 0.615 bits per heavy atom. The van der Waals surface area contributed by atoms with E-state index >= 15 is 0 Å². The molecular formula is C24H16IN. The smallest absolute Gasteiger partial charge is 0.0557 e. The summed E-state index contributed by atoms with van der Waals surface area (Å²) in [5.41, 5.74) is 6.24. The standard InChI is InChI=1S/C24H16IN/c25-18-15-21(17-9-3-1-4-10-17)24-20-13-7-8-14-22(20)26(23(24)16-18)19-11-5-2-6-12-19/h1-16H. The first-order valence-electron chi connectivity index (χ1n) is 8.66. The number of hydrogen-bond donors (Lipinski definition) is 0. The highest BCUT2D eigenvalue weighted by molar-refractivity contribution is 14.1. The highest BCUT2D eigenvalue weighted by atomic mass is 127. The molecule has 26 heavy (non-hydrogen) atoms. The molecule has 0 saturated heterocycles. The van der Waals surface area contributed by atoms with Crippen molar-refractivity contribution in [1.82, 2.24) is 4.57 Å². The molecule has 0 radical (unpaired) electrons. The molecular weight excluding hydrogens is 429 g/mol. The summed E-state index contributed by atoms with van der Waals surface area (Å²) < 4.78 is 3.62. The van der Waals surface area contributed by atoms with Crippen LogP contribution in [0.25, 0.3) is 38.6 Å². The lowest BCUT2D eigenvalue weighted by atomic mass is 9.99. The number of hydrogen-bond acceptors (Lipinski definition) is 0. The summed E-state index contributed by atoms with van der Waals surface area (Å²) in [4.78, 5) is 0. The number of para-hydroxylation sites is 2. The van der Waals surface area contributed by atoms with Crippen LogP contribution in [0.15, 0.2) is 97.1 Å². The van der Waals surface area contributed by atoms with Crippen molar-refractivity contribution in [2.75, 3.05) is 0 Å². The van der Waals surface area contributed by atoms with E-state index in [2.05, 4.69) is 124 Å². The number of halogens is 1. The Balaban J connectivity index is 1.99. The number of nitrogens with zero attached hydrogens (tertiary/aromatic N) is 1. The van der Waals surface area contributed by atoms with E-state index in [0.717, 1.165) is 0 Å². The minimum Gasteiger partial charge on any atom is -0.309 e. The summed E-state index contributed by atoms with van der Waals surface area (Å²) >= 11 is 2.43. The second-order valence-electron chi connectivity index (χ2n) is 6.40. The van der Waals surface area contributed by atoms with Gasteiger partial charge in [0.15, 0.2) is 0 Å². The van der Waals surface area contributed by atoms with Crippen LogP contribution in [0.1, 0.15) is 0 Å². The number of fused-ring (bicyclic) bond motifs is 3. The Bertz CT molecular complexity index is 1220. The molecule has 0 aliphatic rings. The topological polar surface area (TPSA) is 4.93 Å². The maximum Gasteiger partial charge on any atom is 0.0557 e. The zero-order valence-electron chi connectivity index (χ0n) is 14.1. The third kappa shape index (κ3) is 2.44. The monoisotopic (exact) mass is 445 g/mol. The molecule has 124 valence electrons. The first kappa shape index (κ1) is 15.6. The summed E-state index contributed by atoms with van der Waals surface area (Å²) in [6.07, 6.45) is 0. The van der Waals surface area contributed by atoms with Crippen molar-refractivity contribution in [2.24, 2.45) is 0 Å². The molecule has 0 aliphatic carbocycles. The molecule has 0 bridgehead atoms. The molecule has 0 aliphatic heterocycles. The molecule has 1 aromatic heterocycles. The van der Waals surface area contributed by atoms with Crippen LogP contribution < -0.4 is 0 Å². The SMILES string of the molecule is Ic1cc(-c2ccccc2)c2c3ccccc3n(-c3ccccc3)c2c1. The number of rotatable bonds is 2. The van der Waals surface area contributed by atoms with E-state index in [9.17, 15) is 0 Å². The Labute approximate surface area is 166 Å². The third-order valence-corrected chi connectivity index (χ3v) is 5.46. The van der Waals surface area contributed by atoms with Crippen molar-refractivity contribution >= 4 is 44.4 Å². The molecule has 0 amide bonds. The van der Waals surface area contributed by atoms with Crippen molar-refractivity contribution in [3.63, 3.8) is 0 Å². The molecule has 0 spiro atoms. The van der Waals surface area contributed by atoms with E-state index in [1.54, 1.807) is 0 Å². The molecule has 0 unspecified atom stereocenters. The molecule has 1 heterocycles. The summed E-state index contributed by atoms with van der Waals surface area (Å²) in [5, 5.41) is 2.61. The van der Waals surface area contributed by atoms with Gasteiger partial charge >= 0.3 is 0 Å². The number of benzene rings is 4. The Morgan fingerprint density at radius 2 is 1.27 bits per heavy atom. The normalized spacial score (nSPS) is 11.3. The van der Waals surface area contributed by atoms with Crippen molar-refractivity contribution < 1.29 is 0 Å². The Morgan fingerprint density at radius 3 is 2.04 bits per heavy atom. The average molecular weight is 445 g/mol. The van der Waals surface area contributed by atoms with E-state index < -0.39 is 0 Å². The minimum atomic E-state index is 1.19. The van der Waals surface area contributed by atoms with Crippen LogP contribution in [0.4, 0.5) is 0 Å². The van der Waals surface area contributed by atoms with Gasteiger partial charge in [-0.05, 0) is 64.0 Å². The molecule has 0 atom stereocenters. The highest BCUT2D eigenvalue weighted by Crippen LogP contribution is 2.39. The van der Waals surface area contributed by atoms with Gasteiger partial charge in [-0.3, -0.25) is 0 Å². The van der Waals surface area contributed by atoms with Crippen LogP contribution in [-0.4, -0.2) is 4.57 Å². The van der Waals surface area contributed by atoms with Crippen molar-refractivity contribution in [1.29, 1.82) is 0 Å². The first-order chi connectivity index (χ1) is 12.8. The van der Waals surface area contributed by atoms with Crippen LogP contribution in [0, 0.1) is 3.57 Å². The maximum absolute atomic E-state index is 2.43. The van der Waals surface area contributed by atoms with Crippen LogP contribution in [0.3, 0.4) is 0 Å². The van der Waals surface area contributed by atoms with Gasteiger partial charge in [0.05, 0.1) is 11.0 Å². The lowest BCUT2D eigenvalue weighted by Crippen LogP contribution is -1.93. The molecule has 1 nitrogen and oxygen atoms in total. The summed E-state index contributed by atoms with van der Waals surface area (Å²) in [5.74, 6) is 0. The molecule has 4 aromatic carbocycles. The largest absolute Gasteiger partial charge is 0.309 e. The van der Waals surface area contributed by atoms with Crippen molar-refractivity contribution in [3.8, 4) is 16.8 Å². The van der Waals surface area contributed by atoms with Gasteiger partial charge in [0.1, 0.15) is 0 Å². The van der Waals surface area contributed by atoms with Gasteiger partial charge in [0.2, 0.25) is 0 Å². The van der Waals surface area contributed by atoms with E-state index in [1.807, 2.05) is 0 Å². The van der Waals surface area contributed by atoms with Crippen molar-refractivity contribution in [2.45, 2.75) is 0 Å². The fraction of sp³-hybridized carbons (Fsp3) is 0. The Hall–Kier alpha value is -2.59. The summed E-state index contributed by atoms with van der Waals surface area (Å²) in [6.45, 7) is 0. The summed E-state index contributed by atoms with van der Waals surface area (Å²) in [7, 11) is 0. The quantitative estimate of drug-likeness (QED) is 0.257. The molecule has 0 saturated carbocycles. The lowest BCUT2D eigenvalue weighted by molar-refractivity contribution is 1.18. The highest BCUT2D eigenvalue weighted by Gasteiger charge is 2.16. The third-order valence-electron chi connectivity index (χ3n) is 4.84. The fourth-order valence-electron chi connectivity index (χ4n) is 3.76. The van der Waals surface area contributed by atoms with Crippen LogP contribution in [0.5, 0.6) is 0 Å². The first-order valence-corrected chi connectivity index (χ1v) is 9.74. The minimum absolute atomic E-state index is 1.19. The van der Waals surface area contributed by atoms with Crippen LogP contribution in [-0.2, 0) is 0 Å². The zero-order chi connectivity index (χ0) is 17.5. The van der Waals surface area contributed by atoms with E-state index in [4.69, 9.17) is 0 Å². The van der Waals surface area contributed by atoms with E-state index in [-0.39, 0.29) is 0 Å². The van der Waals surface area contributed by atoms with E-state index in [1.165, 1.54) is 42.2 Å². The molecule has 5 aromatic rings. The summed E-state index contributed by atoms with van der Waals surface area (Å²) in [6, 6.07) is 34.6. The molecule has 0 N–H and O–H groups in total. The Kier molecular flexibility index (Phi) is 3.79. The fourth-order valence-corrected chi connectivity index (χ4v) is 4.37. The van der Waals surface area contributed by atoms with Crippen LogP contribution in [0.2, 0.25) is 0 Å². The van der Waals surface area contributed by atoms with Gasteiger partial charge < -0.3 is 4.57 Å². The van der Waals surface area contributed by atoms with Crippen LogP contribution >= 0.6 is 22.6 Å². The maximum atomic E-state index is 2.43. The predicted molar refractivity (Wildman–Crippen MR) is 119 cm³/mol. The predicted octanol–water partition coefficient (Wildman–Crippen LogP) is 7.06. The van der Waals surface area contributed by atoms with Gasteiger partial charge in [-0.2, -0.15) is 0 Å². The molecule has 0 fully saturated rings. The average Bonchev–Trinajstić information content (AvgIpc) is 3.02. The van der Waals surface area contributed by atoms with Gasteiger partial charge in [-0.25, -0.2) is 0 Å². The lowest BCUT2D eigenvalue weighted by Gasteiger charge is -2.09. The van der Waals surface area contributed by atoms with Gasteiger partial charge in [0, 0.05) is 20.0 Å². The number of aromatic nitrogens is 1. The van der Waals surface area contributed by atoms with Gasteiger partial charge in [-0.1, -0.05) is 66.7 Å². The molecule has 5 rings (SSSR count). The molecule has 2 heteroatoms. The zero-order valence-corrected chi connectivity index (χ0v) is 16.2. The van der Waals surface area contributed by atoms with Gasteiger partial charge in [0.25, 0.3) is 0 Å². The van der Waals surface area contributed by atoms with Crippen molar-refractivity contribution in [3.05, 3.63) is 101 Å². The van der Waals surface area contributed by atoms with E-state index in [0.29, 0.717) is 0 Å².